The zero-order valence-electron chi connectivity index (χ0n) is 9.13. The molecule has 1 heterocycles. The molecule has 96 valence electrons. The first-order valence-electron chi connectivity index (χ1n) is 5.18. The van der Waals surface area contributed by atoms with Crippen molar-refractivity contribution in [2.75, 3.05) is 5.75 Å². The molecule has 2 rings (SSSR count). The normalized spacial score (nSPS) is 27.1. The van der Waals surface area contributed by atoms with Gasteiger partial charge < -0.3 is 5.11 Å². The van der Waals surface area contributed by atoms with E-state index in [0.29, 0.717) is 5.56 Å². The molecule has 1 aromatic carbocycles. The summed E-state index contributed by atoms with van der Waals surface area (Å²) in [5.74, 6) is 0.263. The summed E-state index contributed by atoms with van der Waals surface area (Å²) in [4.78, 5) is 20.5. The number of thioether (sulfide) groups is 1. The van der Waals surface area contributed by atoms with E-state index in [9.17, 15) is 25.3 Å². The van der Waals surface area contributed by atoms with Crippen LogP contribution in [0, 0.1) is 20.2 Å². The Balaban J connectivity index is 2.33. The molecule has 0 bridgehead atoms. The van der Waals surface area contributed by atoms with Gasteiger partial charge in [0.15, 0.2) is 0 Å². The Hall–Kier alpha value is -1.67. The Bertz CT molecular complexity index is 495. The molecule has 1 fully saturated rings. The van der Waals surface area contributed by atoms with E-state index in [0.717, 1.165) is 0 Å². The number of non-ortho nitro benzene ring substituents is 1. The zero-order valence-corrected chi connectivity index (χ0v) is 9.95. The van der Waals surface area contributed by atoms with E-state index < -0.39 is 27.2 Å². The van der Waals surface area contributed by atoms with Crippen molar-refractivity contribution in [3.05, 3.63) is 50.1 Å². The molecule has 1 unspecified atom stereocenters. The topological polar surface area (TPSA) is 107 Å². The van der Waals surface area contributed by atoms with Crippen LogP contribution < -0.4 is 0 Å². The van der Waals surface area contributed by atoms with Crippen molar-refractivity contribution in [3.8, 4) is 0 Å². The summed E-state index contributed by atoms with van der Waals surface area (Å²) in [6.07, 6.45) is -1.02. The quantitative estimate of drug-likeness (QED) is 0.657. The Morgan fingerprint density at radius 1 is 1.33 bits per heavy atom. The standard InChI is InChI=1S/C10H10N2O5S/c13-8-5-18-10(9(8)12(16)17)6-2-1-3-7(4-6)11(14)15/h1-4,8-10,13H,5H2/t8?,9-,10+/m0/s1. The van der Waals surface area contributed by atoms with Gasteiger partial charge in [-0.1, -0.05) is 12.1 Å². The lowest BCUT2D eigenvalue weighted by Crippen LogP contribution is -2.33. The van der Waals surface area contributed by atoms with Gasteiger partial charge in [-0.25, -0.2) is 0 Å². The van der Waals surface area contributed by atoms with Gasteiger partial charge in [-0.3, -0.25) is 20.2 Å². The van der Waals surface area contributed by atoms with Gasteiger partial charge in [0.05, 0.1) is 4.92 Å². The molecule has 0 aromatic heterocycles. The van der Waals surface area contributed by atoms with Crippen molar-refractivity contribution in [3.63, 3.8) is 0 Å². The molecule has 1 N–H and O–H groups in total. The fourth-order valence-electron chi connectivity index (χ4n) is 1.96. The number of hydrogen-bond donors (Lipinski definition) is 1. The van der Waals surface area contributed by atoms with Gasteiger partial charge in [-0.05, 0) is 5.56 Å². The van der Waals surface area contributed by atoms with Crippen LogP contribution >= 0.6 is 11.8 Å². The van der Waals surface area contributed by atoms with E-state index in [-0.39, 0.29) is 11.4 Å². The first kappa shape index (κ1) is 12.8. The highest BCUT2D eigenvalue weighted by Crippen LogP contribution is 2.42. The number of rotatable bonds is 3. The average molecular weight is 270 g/mol. The molecule has 1 aliphatic rings. The summed E-state index contributed by atoms with van der Waals surface area (Å²) in [5.41, 5.74) is 0.407. The predicted molar refractivity (Wildman–Crippen MR) is 65.1 cm³/mol. The monoisotopic (exact) mass is 270 g/mol. The summed E-state index contributed by atoms with van der Waals surface area (Å²) in [5, 5.41) is 30.6. The van der Waals surface area contributed by atoms with Gasteiger partial charge in [0, 0.05) is 22.8 Å². The minimum Gasteiger partial charge on any atom is -0.385 e. The first-order chi connectivity index (χ1) is 8.50. The minimum atomic E-state index is -1.11. The fourth-order valence-corrected chi connectivity index (χ4v) is 3.38. The maximum absolute atomic E-state index is 10.9. The maximum atomic E-state index is 10.9. The molecule has 3 atom stereocenters. The van der Waals surface area contributed by atoms with E-state index in [1.54, 1.807) is 6.07 Å². The lowest BCUT2D eigenvalue weighted by Gasteiger charge is -2.13. The van der Waals surface area contributed by atoms with E-state index in [1.807, 2.05) is 0 Å². The second-order valence-electron chi connectivity index (χ2n) is 3.95. The molecule has 0 spiro atoms. The van der Waals surface area contributed by atoms with Crippen LogP contribution in [0.3, 0.4) is 0 Å². The number of benzene rings is 1. The highest BCUT2D eigenvalue weighted by Gasteiger charge is 2.45. The Morgan fingerprint density at radius 2 is 2.06 bits per heavy atom. The van der Waals surface area contributed by atoms with Crippen LogP contribution in [-0.4, -0.2) is 32.9 Å². The molecule has 0 radical (unpaired) electrons. The number of nitro groups is 2. The summed E-state index contributed by atoms with van der Waals surface area (Å²) >= 11 is 1.25. The van der Waals surface area contributed by atoms with E-state index >= 15 is 0 Å². The molecule has 0 amide bonds. The predicted octanol–water partition coefficient (Wildman–Crippen LogP) is 1.39. The molecular formula is C10H10N2O5S. The minimum absolute atomic E-state index is 0.100. The van der Waals surface area contributed by atoms with Crippen molar-refractivity contribution in [2.45, 2.75) is 17.4 Å². The van der Waals surface area contributed by atoms with E-state index in [1.165, 1.54) is 30.0 Å². The zero-order chi connectivity index (χ0) is 13.3. The van der Waals surface area contributed by atoms with Crippen LogP contribution in [0.25, 0.3) is 0 Å². The molecular weight excluding hydrogens is 260 g/mol. The largest absolute Gasteiger partial charge is 0.385 e. The lowest BCUT2D eigenvalue weighted by atomic mass is 10.0. The van der Waals surface area contributed by atoms with E-state index in [4.69, 9.17) is 0 Å². The Morgan fingerprint density at radius 3 is 2.67 bits per heavy atom. The highest BCUT2D eigenvalue weighted by molar-refractivity contribution is 7.99. The van der Waals surface area contributed by atoms with Crippen molar-refractivity contribution < 1.29 is 15.0 Å². The van der Waals surface area contributed by atoms with Crippen molar-refractivity contribution in [2.24, 2.45) is 0 Å². The van der Waals surface area contributed by atoms with Crippen LogP contribution in [0.4, 0.5) is 5.69 Å². The molecule has 8 heteroatoms. The third-order valence-corrected chi connectivity index (χ3v) is 4.25. The van der Waals surface area contributed by atoms with Crippen LogP contribution in [0.15, 0.2) is 24.3 Å². The molecule has 7 nitrogen and oxygen atoms in total. The molecule has 1 saturated heterocycles. The molecule has 18 heavy (non-hydrogen) atoms. The van der Waals surface area contributed by atoms with Gasteiger partial charge >= 0.3 is 0 Å². The second-order valence-corrected chi connectivity index (χ2v) is 5.12. The van der Waals surface area contributed by atoms with Gasteiger partial charge in [0.25, 0.3) is 11.7 Å². The van der Waals surface area contributed by atoms with Crippen LogP contribution in [0.5, 0.6) is 0 Å². The first-order valence-corrected chi connectivity index (χ1v) is 6.23. The van der Waals surface area contributed by atoms with Crippen LogP contribution in [0.2, 0.25) is 0 Å². The lowest BCUT2D eigenvalue weighted by molar-refractivity contribution is -0.531. The number of aliphatic hydroxyl groups is 1. The number of hydrogen-bond acceptors (Lipinski definition) is 6. The van der Waals surface area contributed by atoms with Gasteiger partial charge in [-0.2, -0.15) is 0 Å². The maximum Gasteiger partial charge on any atom is 0.269 e. The summed E-state index contributed by atoms with van der Waals surface area (Å²) in [6, 6.07) is 4.65. The van der Waals surface area contributed by atoms with Crippen molar-refractivity contribution in [1.82, 2.24) is 0 Å². The highest BCUT2D eigenvalue weighted by atomic mass is 32.2. The van der Waals surface area contributed by atoms with Gasteiger partial charge in [0.2, 0.25) is 0 Å². The van der Waals surface area contributed by atoms with Gasteiger partial charge in [0.1, 0.15) is 11.4 Å². The average Bonchev–Trinajstić information content (AvgIpc) is 2.71. The Kier molecular flexibility index (Phi) is 3.48. The van der Waals surface area contributed by atoms with E-state index in [2.05, 4.69) is 0 Å². The summed E-state index contributed by atoms with van der Waals surface area (Å²) in [6.45, 7) is 0. The van der Waals surface area contributed by atoms with Gasteiger partial charge in [-0.15, -0.1) is 11.8 Å². The fraction of sp³-hybridized carbons (Fsp3) is 0.400. The smallest absolute Gasteiger partial charge is 0.269 e. The van der Waals surface area contributed by atoms with Crippen molar-refractivity contribution >= 4 is 17.4 Å². The summed E-state index contributed by atoms with van der Waals surface area (Å²) in [7, 11) is 0. The number of nitro benzene ring substituents is 1. The van der Waals surface area contributed by atoms with Crippen LogP contribution in [-0.2, 0) is 0 Å². The summed E-state index contributed by atoms with van der Waals surface area (Å²) < 4.78 is 0. The number of aliphatic hydroxyl groups excluding tert-OH is 1. The van der Waals surface area contributed by atoms with Crippen LogP contribution in [0.1, 0.15) is 10.8 Å². The third kappa shape index (κ3) is 2.29. The molecule has 1 aliphatic heterocycles. The third-order valence-electron chi connectivity index (χ3n) is 2.80. The molecule has 0 aliphatic carbocycles. The second kappa shape index (κ2) is 4.91. The molecule has 0 saturated carbocycles. The SMILES string of the molecule is O=[N+]([O-])c1cccc([C@H]2SCC(O)[C@@H]2[N+](=O)[O-])c1. The molecule has 1 aromatic rings. The Labute approximate surface area is 106 Å². The number of nitrogens with zero attached hydrogens (tertiary/aromatic N) is 2. The van der Waals surface area contributed by atoms with Crippen molar-refractivity contribution in [1.29, 1.82) is 0 Å².